The molecule has 4 aliphatic heterocycles. The smallest absolute Gasteiger partial charge is 0.255 e. The molecule has 0 radical (unpaired) electrons. The van der Waals surface area contributed by atoms with Crippen LogP contribution < -0.4 is 11.1 Å². The summed E-state index contributed by atoms with van der Waals surface area (Å²) in [5.41, 5.74) is 9.24. The van der Waals surface area contributed by atoms with Crippen molar-refractivity contribution in [1.82, 2.24) is 15.1 Å². The van der Waals surface area contributed by atoms with Crippen LogP contribution in [0.25, 0.3) is 0 Å². The third kappa shape index (κ3) is 3.77. The highest BCUT2D eigenvalue weighted by molar-refractivity contribution is 6.05. The van der Waals surface area contributed by atoms with E-state index in [4.69, 9.17) is 10.5 Å². The molecule has 1 spiro atoms. The number of rotatable bonds is 3. The fourth-order valence-corrected chi connectivity index (χ4v) is 5.68. The van der Waals surface area contributed by atoms with Crippen LogP contribution in [0.5, 0.6) is 0 Å². The molecule has 1 aromatic rings. The van der Waals surface area contributed by atoms with E-state index in [1.807, 2.05) is 12.1 Å². The number of benzene rings is 1. The minimum Gasteiger partial charge on any atom is -0.381 e. The second kappa shape index (κ2) is 8.00. The van der Waals surface area contributed by atoms with Gasteiger partial charge in [0.25, 0.3) is 5.91 Å². The molecule has 0 aromatic heterocycles. The molecule has 4 heterocycles. The van der Waals surface area contributed by atoms with Gasteiger partial charge in [-0.15, -0.1) is 0 Å². The summed E-state index contributed by atoms with van der Waals surface area (Å²) in [4.78, 5) is 40.8. The number of nitrogens with two attached hydrogens (primary N) is 1. The number of piperidine rings is 2. The predicted octanol–water partition coefficient (Wildman–Crippen LogP) is 0.920. The molecule has 0 saturated carbocycles. The van der Waals surface area contributed by atoms with Crippen LogP contribution in [-0.2, 0) is 27.4 Å². The fraction of sp³-hybridized carbons (Fsp3) is 0.609. The van der Waals surface area contributed by atoms with Crippen LogP contribution in [-0.4, -0.2) is 64.9 Å². The van der Waals surface area contributed by atoms with Crippen LogP contribution in [0.1, 0.15) is 60.0 Å². The first-order valence-electron chi connectivity index (χ1n) is 11.3. The molecule has 8 nitrogen and oxygen atoms in total. The van der Waals surface area contributed by atoms with Crippen molar-refractivity contribution >= 4 is 17.7 Å². The van der Waals surface area contributed by atoms with Crippen molar-refractivity contribution in [2.45, 2.75) is 69.2 Å². The van der Waals surface area contributed by atoms with Crippen LogP contribution in [0.2, 0.25) is 0 Å². The maximum atomic E-state index is 12.9. The van der Waals surface area contributed by atoms with Crippen molar-refractivity contribution in [3.8, 4) is 0 Å². The topological polar surface area (TPSA) is 105 Å². The predicted molar refractivity (Wildman–Crippen MR) is 113 cm³/mol. The number of amides is 3. The second-order valence-corrected chi connectivity index (χ2v) is 9.41. The molecule has 2 atom stereocenters. The van der Waals surface area contributed by atoms with Gasteiger partial charge in [0.1, 0.15) is 6.04 Å². The van der Waals surface area contributed by atoms with E-state index < -0.39 is 6.04 Å². The molecule has 3 fully saturated rings. The molecule has 3 N–H and O–H groups in total. The Labute approximate surface area is 182 Å². The Hall–Kier alpha value is -2.29. The van der Waals surface area contributed by atoms with E-state index in [2.05, 4.69) is 16.3 Å². The van der Waals surface area contributed by atoms with Gasteiger partial charge < -0.3 is 15.4 Å². The highest BCUT2D eigenvalue weighted by atomic mass is 16.5. The van der Waals surface area contributed by atoms with Crippen molar-refractivity contribution < 1.29 is 19.1 Å². The summed E-state index contributed by atoms with van der Waals surface area (Å²) in [5.74, 6) is -0.771. The van der Waals surface area contributed by atoms with Crippen LogP contribution in [0, 0.1) is 0 Å². The number of imide groups is 1. The Morgan fingerprint density at radius 1 is 1.13 bits per heavy atom. The van der Waals surface area contributed by atoms with Crippen molar-refractivity contribution in [3.05, 3.63) is 34.9 Å². The molecule has 5 rings (SSSR count). The van der Waals surface area contributed by atoms with Crippen LogP contribution >= 0.6 is 0 Å². The van der Waals surface area contributed by atoms with E-state index in [0.29, 0.717) is 18.5 Å². The van der Waals surface area contributed by atoms with Gasteiger partial charge >= 0.3 is 0 Å². The average Bonchev–Trinajstić information content (AvgIpc) is 3.07. The van der Waals surface area contributed by atoms with Gasteiger partial charge in [0.2, 0.25) is 11.8 Å². The van der Waals surface area contributed by atoms with Crippen LogP contribution in [0.4, 0.5) is 0 Å². The first-order valence-corrected chi connectivity index (χ1v) is 11.3. The SMILES string of the molecule is NC1CCC2(CCOCC2)N(Cc2ccc3c(c2)CN(C2CCC(=O)NC2=O)C3=O)C1. The van der Waals surface area contributed by atoms with E-state index in [-0.39, 0.29) is 35.7 Å². The van der Waals surface area contributed by atoms with Crippen molar-refractivity contribution in [2.24, 2.45) is 5.73 Å². The molecular weight excluding hydrogens is 396 g/mol. The van der Waals surface area contributed by atoms with Crippen molar-refractivity contribution in [3.63, 3.8) is 0 Å². The van der Waals surface area contributed by atoms with Gasteiger partial charge in [0, 0.05) is 56.4 Å². The maximum absolute atomic E-state index is 12.9. The molecule has 166 valence electrons. The van der Waals surface area contributed by atoms with E-state index in [0.717, 1.165) is 63.1 Å². The zero-order valence-corrected chi connectivity index (χ0v) is 17.8. The number of nitrogens with one attached hydrogen (secondary N) is 1. The number of carbonyl (C=O) groups is 3. The molecule has 1 aromatic carbocycles. The Balaban J connectivity index is 1.34. The lowest BCUT2D eigenvalue weighted by Crippen LogP contribution is -2.59. The lowest BCUT2D eigenvalue weighted by molar-refractivity contribution is -0.136. The molecule has 4 aliphatic rings. The maximum Gasteiger partial charge on any atom is 0.255 e. The summed E-state index contributed by atoms with van der Waals surface area (Å²) >= 11 is 0. The number of hydrogen-bond acceptors (Lipinski definition) is 6. The molecule has 2 unspecified atom stereocenters. The normalized spacial score (nSPS) is 28.7. The minimum absolute atomic E-state index is 0.128. The van der Waals surface area contributed by atoms with E-state index in [1.54, 1.807) is 4.90 Å². The number of ether oxygens (including phenoxy) is 1. The summed E-state index contributed by atoms with van der Waals surface area (Å²) in [6.07, 6.45) is 4.87. The fourth-order valence-electron chi connectivity index (χ4n) is 5.68. The zero-order valence-electron chi connectivity index (χ0n) is 17.8. The zero-order chi connectivity index (χ0) is 21.6. The molecular formula is C23H30N4O4. The Bertz CT molecular complexity index is 911. The lowest BCUT2D eigenvalue weighted by Gasteiger charge is -2.51. The van der Waals surface area contributed by atoms with Crippen molar-refractivity contribution in [2.75, 3.05) is 19.8 Å². The molecule has 3 saturated heterocycles. The van der Waals surface area contributed by atoms with Gasteiger partial charge in [-0.1, -0.05) is 12.1 Å². The third-order valence-electron chi connectivity index (χ3n) is 7.49. The Morgan fingerprint density at radius 2 is 1.94 bits per heavy atom. The number of likely N-dealkylation sites (tertiary alicyclic amines) is 1. The summed E-state index contributed by atoms with van der Waals surface area (Å²) in [5, 5.41) is 2.36. The minimum atomic E-state index is -0.577. The quantitative estimate of drug-likeness (QED) is 0.697. The van der Waals surface area contributed by atoms with E-state index in [9.17, 15) is 14.4 Å². The second-order valence-electron chi connectivity index (χ2n) is 9.41. The first-order chi connectivity index (χ1) is 14.9. The van der Waals surface area contributed by atoms with Crippen molar-refractivity contribution in [1.29, 1.82) is 0 Å². The lowest BCUT2D eigenvalue weighted by atomic mass is 9.78. The highest BCUT2D eigenvalue weighted by Crippen LogP contribution is 2.38. The van der Waals surface area contributed by atoms with E-state index in [1.165, 1.54) is 0 Å². The number of hydrogen-bond donors (Lipinski definition) is 2. The van der Waals surface area contributed by atoms with Gasteiger partial charge in [-0.25, -0.2) is 0 Å². The van der Waals surface area contributed by atoms with Gasteiger partial charge in [0.15, 0.2) is 0 Å². The monoisotopic (exact) mass is 426 g/mol. The Morgan fingerprint density at radius 3 is 2.71 bits per heavy atom. The first kappa shape index (κ1) is 20.6. The average molecular weight is 427 g/mol. The molecule has 3 amide bonds. The molecule has 31 heavy (non-hydrogen) atoms. The summed E-state index contributed by atoms with van der Waals surface area (Å²) in [6.45, 7) is 3.68. The summed E-state index contributed by atoms with van der Waals surface area (Å²) < 4.78 is 5.62. The van der Waals surface area contributed by atoms with Crippen LogP contribution in [0.3, 0.4) is 0 Å². The van der Waals surface area contributed by atoms with E-state index >= 15 is 0 Å². The largest absolute Gasteiger partial charge is 0.381 e. The van der Waals surface area contributed by atoms with Gasteiger partial charge in [-0.2, -0.15) is 0 Å². The third-order valence-corrected chi connectivity index (χ3v) is 7.49. The summed E-state index contributed by atoms with van der Waals surface area (Å²) in [6, 6.07) is 5.63. The van der Waals surface area contributed by atoms with Gasteiger partial charge in [-0.05, 0) is 49.3 Å². The number of carbonyl (C=O) groups excluding carboxylic acids is 3. The van der Waals surface area contributed by atoms with Crippen LogP contribution in [0.15, 0.2) is 18.2 Å². The highest BCUT2D eigenvalue weighted by Gasteiger charge is 2.42. The molecule has 0 bridgehead atoms. The molecule has 8 heteroatoms. The Kier molecular flexibility index (Phi) is 5.32. The number of fused-ring (bicyclic) bond motifs is 1. The van der Waals surface area contributed by atoms with Gasteiger partial charge in [0.05, 0.1) is 0 Å². The standard InChI is InChI=1S/C23H30N4O4/c24-17-5-6-23(7-9-31-10-8-23)26(14-17)12-15-1-2-18-16(11-15)13-27(22(18)30)19-3-4-20(28)25-21(19)29/h1-2,11,17,19H,3-10,12-14,24H2,(H,25,28,29). The van der Waals surface area contributed by atoms with Gasteiger partial charge in [-0.3, -0.25) is 24.6 Å². The summed E-state index contributed by atoms with van der Waals surface area (Å²) in [7, 11) is 0. The molecule has 0 aliphatic carbocycles. The number of nitrogens with zero attached hydrogens (tertiary/aromatic N) is 2.